The van der Waals surface area contributed by atoms with Crippen LogP contribution in [0.4, 0.5) is 8.78 Å². The van der Waals surface area contributed by atoms with Crippen molar-refractivity contribution in [1.82, 2.24) is 5.32 Å². The number of carbonyl (C=O) groups is 2. The lowest BCUT2D eigenvalue weighted by molar-refractivity contribution is -0.763. The van der Waals surface area contributed by atoms with Crippen molar-refractivity contribution in [1.29, 1.82) is 0 Å². The highest BCUT2D eigenvalue weighted by atomic mass is 19.3. The molecule has 0 spiro atoms. The van der Waals surface area contributed by atoms with Gasteiger partial charge in [0.25, 0.3) is 11.0 Å². The molecule has 1 fully saturated rings. The summed E-state index contributed by atoms with van der Waals surface area (Å²) in [6.07, 6.45) is 12.8. The van der Waals surface area contributed by atoms with Gasteiger partial charge in [-0.25, -0.2) is 4.79 Å². The largest absolute Gasteiger partial charge is 0.487 e. The molecule has 0 radical (unpaired) electrons. The molecular formula is C31H38F2N2O7. The van der Waals surface area contributed by atoms with Gasteiger partial charge in [-0.1, -0.05) is 61.4 Å². The number of amides is 1. The van der Waals surface area contributed by atoms with Crippen LogP contribution >= 0.6 is 0 Å². The Morgan fingerprint density at radius 3 is 2.50 bits per heavy atom. The van der Waals surface area contributed by atoms with E-state index in [0.29, 0.717) is 30.1 Å². The number of halogens is 2. The Labute approximate surface area is 244 Å². The minimum atomic E-state index is -2.89. The Morgan fingerprint density at radius 1 is 1.10 bits per heavy atom. The highest BCUT2D eigenvalue weighted by molar-refractivity contribution is 5.82. The van der Waals surface area contributed by atoms with Crippen LogP contribution in [0.5, 0.6) is 11.5 Å². The van der Waals surface area contributed by atoms with Crippen molar-refractivity contribution in [3.05, 3.63) is 94.6 Å². The number of nitrogens with zero attached hydrogens (tertiary/aromatic N) is 1. The first kappa shape index (κ1) is 33.9. The second-order valence-electron chi connectivity index (χ2n) is 9.62. The first-order valence-corrected chi connectivity index (χ1v) is 13.9. The molecule has 0 atom stereocenters. The number of nitrogens with one attached hydrogen (secondary N) is 1. The van der Waals surface area contributed by atoms with Gasteiger partial charge in [-0.15, -0.1) is 10.1 Å². The molecule has 0 saturated heterocycles. The summed E-state index contributed by atoms with van der Waals surface area (Å²) in [6.45, 7) is 0.842. The molecule has 0 heterocycles. The number of alkyl halides is 2. The maximum absolute atomic E-state index is 13.6. The predicted octanol–water partition coefficient (Wildman–Crippen LogP) is 6.61. The van der Waals surface area contributed by atoms with E-state index in [0.717, 1.165) is 38.2 Å². The molecule has 228 valence electrons. The summed E-state index contributed by atoms with van der Waals surface area (Å²) < 4.78 is 37.3. The van der Waals surface area contributed by atoms with Crippen molar-refractivity contribution in [2.45, 2.75) is 64.4 Å². The SMILES string of the molecule is C/C=C\CCCC(=O)NCC(=O)Oc1cccc(CO[N+](=O)[O-])c1.FC(F)(/C=C/C1CCCC1)COc1ccccc1. The molecule has 0 aliphatic heterocycles. The molecule has 2 aromatic rings. The number of hydrogen-bond acceptors (Lipinski definition) is 7. The monoisotopic (exact) mass is 588 g/mol. The summed E-state index contributed by atoms with van der Waals surface area (Å²) in [6, 6.07) is 14.9. The molecule has 1 amide bonds. The van der Waals surface area contributed by atoms with Gasteiger partial charge >= 0.3 is 5.97 Å². The first-order chi connectivity index (χ1) is 20.2. The highest BCUT2D eigenvalue weighted by Gasteiger charge is 2.27. The molecule has 0 bridgehead atoms. The van der Waals surface area contributed by atoms with Crippen LogP contribution < -0.4 is 14.8 Å². The van der Waals surface area contributed by atoms with Crippen LogP contribution in [0.1, 0.15) is 57.4 Å². The molecule has 11 heteroatoms. The smallest absolute Gasteiger partial charge is 0.330 e. The van der Waals surface area contributed by atoms with Crippen molar-refractivity contribution in [2.75, 3.05) is 13.2 Å². The molecule has 9 nitrogen and oxygen atoms in total. The lowest BCUT2D eigenvalue weighted by Crippen LogP contribution is -2.31. The summed E-state index contributed by atoms with van der Waals surface area (Å²) in [4.78, 5) is 37.6. The van der Waals surface area contributed by atoms with Gasteiger partial charge in [0.05, 0.1) is 0 Å². The summed E-state index contributed by atoms with van der Waals surface area (Å²) in [5.41, 5.74) is 0.491. The van der Waals surface area contributed by atoms with Gasteiger partial charge in [0.15, 0.2) is 6.61 Å². The summed E-state index contributed by atoms with van der Waals surface area (Å²) >= 11 is 0. The Morgan fingerprint density at radius 2 is 1.81 bits per heavy atom. The van der Waals surface area contributed by atoms with Gasteiger partial charge in [-0.3, -0.25) is 4.79 Å². The Balaban J connectivity index is 0.000000305. The standard InChI is InChI=1S/C16H20N2O6.C15H18F2O/c1-2-3-4-5-9-15(19)17-11-16(20)24-14-8-6-7-13(10-14)12-23-18(21)22;16-15(17,11-10-13-6-4-5-7-13)12-18-14-8-2-1-3-9-14/h2-3,6-8,10H,4-5,9,11-12H2,1H3,(H,17,19);1-3,8-11,13H,4-7,12H2/b3-2-;11-10+. The molecule has 1 aliphatic rings. The fourth-order valence-electron chi connectivity index (χ4n) is 3.97. The summed E-state index contributed by atoms with van der Waals surface area (Å²) in [7, 11) is 0. The fraction of sp³-hybridized carbons (Fsp3) is 0.419. The van der Waals surface area contributed by atoms with Crippen molar-refractivity contribution in [3.8, 4) is 11.5 Å². The number of ether oxygens (including phenoxy) is 2. The van der Waals surface area contributed by atoms with Crippen LogP contribution in [0.2, 0.25) is 0 Å². The topological polar surface area (TPSA) is 117 Å². The minimum Gasteiger partial charge on any atom is -0.487 e. The first-order valence-electron chi connectivity index (χ1n) is 13.9. The molecule has 1 saturated carbocycles. The zero-order chi connectivity index (χ0) is 30.6. The van der Waals surface area contributed by atoms with Gasteiger partial charge in [0, 0.05) is 6.42 Å². The third kappa shape index (κ3) is 15.5. The van der Waals surface area contributed by atoms with Crippen LogP contribution in [-0.4, -0.2) is 36.0 Å². The summed E-state index contributed by atoms with van der Waals surface area (Å²) in [5.74, 6) is -2.70. The molecule has 3 rings (SSSR count). The van der Waals surface area contributed by atoms with E-state index in [4.69, 9.17) is 9.47 Å². The van der Waals surface area contributed by atoms with Gasteiger partial charge in [-0.05, 0) is 74.4 Å². The van der Waals surface area contributed by atoms with Gasteiger partial charge in [0.2, 0.25) is 5.91 Å². The van der Waals surface area contributed by atoms with E-state index < -0.39 is 23.6 Å². The second kappa shape index (κ2) is 19.0. The molecule has 2 aromatic carbocycles. The number of esters is 1. The quantitative estimate of drug-likeness (QED) is 0.0621. The third-order valence-corrected chi connectivity index (χ3v) is 6.09. The van der Waals surface area contributed by atoms with E-state index in [-0.39, 0.29) is 24.8 Å². The van der Waals surface area contributed by atoms with Crippen molar-refractivity contribution in [3.63, 3.8) is 0 Å². The number of hydrogen-bond donors (Lipinski definition) is 1. The van der Waals surface area contributed by atoms with Gasteiger partial charge in [-0.2, -0.15) is 8.78 Å². The maximum atomic E-state index is 13.6. The molecule has 42 heavy (non-hydrogen) atoms. The lowest BCUT2D eigenvalue weighted by Gasteiger charge is -2.14. The van der Waals surface area contributed by atoms with E-state index in [2.05, 4.69) is 10.2 Å². The van der Waals surface area contributed by atoms with E-state index in [1.807, 2.05) is 25.1 Å². The van der Waals surface area contributed by atoms with Crippen LogP contribution in [0.3, 0.4) is 0 Å². The Kier molecular flexibility index (Phi) is 15.3. The number of allylic oxidation sites excluding steroid dienone is 3. The number of unbranched alkanes of at least 4 members (excludes halogenated alkanes) is 1. The average Bonchev–Trinajstić information content (AvgIpc) is 3.50. The van der Waals surface area contributed by atoms with Crippen LogP contribution in [0.25, 0.3) is 0 Å². The zero-order valence-electron chi connectivity index (χ0n) is 23.7. The highest BCUT2D eigenvalue weighted by Crippen LogP contribution is 2.28. The molecule has 0 unspecified atom stereocenters. The van der Waals surface area contributed by atoms with Crippen molar-refractivity contribution in [2.24, 2.45) is 5.92 Å². The average molecular weight is 589 g/mol. The molecule has 0 aromatic heterocycles. The van der Waals surface area contributed by atoms with Gasteiger partial charge in [0.1, 0.15) is 24.7 Å². The van der Waals surface area contributed by atoms with Gasteiger partial charge < -0.3 is 19.6 Å². The molecule has 1 N–H and O–H groups in total. The zero-order valence-corrected chi connectivity index (χ0v) is 23.7. The third-order valence-electron chi connectivity index (χ3n) is 6.09. The van der Waals surface area contributed by atoms with Crippen molar-refractivity contribution < 1.29 is 37.8 Å². The Hall–Kier alpha value is -4.28. The van der Waals surface area contributed by atoms with E-state index in [1.165, 1.54) is 12.1 Å². The Bertz CT molecular complexity index is 1170. The van der Waals surface area contributed by atoms with Crippen LogP contribution in [-0.2, 0) is 21.0 Å². The van der Waals surface area contributed by atoms with E-state index in [1.54, 1.807) is 42.5 Å². The van der Waals surface area contributed by atoms with Crippen LogP contribution in [0, 0.1) is 16.0 Å². The fourth-order valence-corrected chi connectivity index (χ4v) is 3.97. The van der Waals surface area contributed by atoms with Crippen LogP contribution in [0.15, 0.2) is 78.9 Å². The number of para-hydroxylation sites is 1. The number of benzene rings is 2. The van der Waals surface area contributed by atoms with E-state index >= 15 is 0 Å². The number of rotatable bonds is 15. The molecule has 1 aliphatic carbocycles. The normalized spacial score (nSPS) is 13.4. The second-order valence-corrected chi connectivity index (χ2v) is 9.62. The predicted molar refractivity (Wildman–Crippen MR) is 154 cm³/mol. The van der Waals surface area contributed by atoms with Crippen molar-refractivity contribution >= 4 is 11.9 Å². The number of carbonyl (C=O) groups excluding carboxylic acids is 2. The van der Waals surface area contributed by atoms with E-state index in [9.17, 15) is 28.5 Å². The summed E-state index contributed by atoms with van der Waals surface area (Å²) in [5, 5.41) is 11.7. The minimum absolute atomic E-state index is 0.218. The molecular weight excluding hydrogens is 550 g/mol. The maximum Gasteiger partial charge on any atom is 0.330 e. The lowest BCUT2D eigenvalue weighted by atomic mass is 10.1.